The van der Waals surface area contributed by atoms with E-state index in [1.165, 1.54) is 6.07 Å². The van der Waals surface area contributed by atoms with Gasteiger partial charge >= 0.3 is 6.09 Å². The number of rotatable bonds is 5. The number of anilines is 1. The first-order valence-electron chi connectivity index (χ1n) is 6.54. The van der Waals surface area contributed by atoms with Crippen molar-refractivity contribution in [2.24, 2.45) is 0 Å². The average molecular weight is 281 g/mol. The minimum Gasteiger partial charge on any atom is -0.444 e. The quantitative estimate of drug-likeness (QED) is 0.661. The molecule has 0 unspecified atom stereocenters. The van der Waals surface area contributed by atoms with Crippen LogP contribution in [0.5, 0.6) is 0 Å². The summed E-state index contributed by atoms with van der Waals surface area (Å²) in [6, 6.07) is 4.47. The average Bonchev–Trinajstić information content (AvgIpc) is 2.29. The summed E-state index contributed by atoms with van der Waals surface area (Å²) in [6.45, 7) is 5.26. The predicted molar refractivity (Wildman–Crippen MR) is 75.3 cm³/mol. The third kappa shape index (κ3) is 5.82. The van der Waals surface area contributed by atoms with Crippen molar-refractivity contribution in [2.75, 3.05) is 5.32 Å². The van der Waals surface area contributed by atoms with Crippen LogP contribution in [0.15, 0.2) is 18.2 Å². The van der Waals surface area contributed by atoms with Crippen LogP contribution in [0.25, 0.3) is 0 Å². The number of ether oxygens (including phenoxy) is 1. The van der Waals surface area contributed by atoms with Crippen LogP contribution in [0.2, 0.25) is 0 Å². The maximum absolute atomic E-state index is 13.8. The maximum Gasteiger partial charge on any atom is 0.412 e. The predicted octanol–water partition coefficient (Wildman–Crippen LogP) is 3.69. The highest BCUT2D eigenvalue weighted by atomic mass is 19.1. The minimum atomic E-state index is -0.620. The number of carbonyl (C=O) groups excluding carboxylic acids is 2. The fraction of sp³-hybridized carbons (Fsp3) is 0.467. The molecule has 1 aromatic rings. The van der Waals surface area contributed by atoms with Crippen LogP contribution in [0.3, 0.4) is 0 Å². The van der Waals surface area contributed by atoms with Crippen molar-refractivity contribution in [3.63, 3.8) is 0 Å². The van der Waals surface area contributed by atoms with Gasteiger partial charge in [-0.15, -0.1) is 0 Å². The van der Waals surface area contributed by atoms with E-state index in [-0.39, 0.29) is 0 Å². The van der Waals surface area contributed by atoms with Crippen molar-refractivity contribution in [3.8, 4) is 0 Å². The van der Waals surface area contributed by atoms with Gasteiger partial charge in [0.2, 0.25) is 0 Å². The van der Waals surface area contributed by atoms with Gasteiger partial charge in [0.1, 0.15) is 17.7 Å². The number of aryl methyl sites for hydroxylation is 1. The second-order valence-corrected chi connectivity index (χ2v) is 5.49. The van der Waals surface area contributed by atoms with Gasteiger partial charge in [0.25, 0.3) is 0 Å². The largest absolute Gasteiger partial charge is 0.444 e. The Morgan fingerprint density at radius 2 is 2.10 bits per heavy atom. The first kappa shape index (κ1) is 16.1. The standard InChI is InChI=1S/C15H20FNO3/c1-15(2,3)20-14(19)17-12-8-7-11(13(16)10-12)6-4-5-9-18/h7-10H,4-6H2,1-3H3,(H,17,19). The summed E-state index contributed by atoms with van der Waals surface area (Å²) in [4.78, 5) is 21.8. The molecule has 0 atom stereocenters. The molecule has 1 amide bonds. The summed E-state index contributed by atoms with van der Waals surface area (Å²) in [5.74, 6) is -0.399. The number of hydrogen-bond donors (Lipinski definition) is 1. The molecule has 110 valence electrons. The Hall–Kier alpha value is -1.91. The van der Waals surface area contributed by atoms with E-state index in [0.29, 0.717) is 30.5 Å². The summed E-state index contributed by atoms with van der Waals surface area (Å²) in [6.07, 6.45) is 1.72. The third-order valence-corrected chi connectivity index (χ3v) is 2.47. The van der Waals surface area contributed by atoms with E-state index in [0.717, 1.165) is 6.29 Å². The third-order valence-electron chi connectivity index (χ3n) is 2.47. The lowest BCUT2D eigenvalue weighted by molar-refractivity contribution is -0.107. The normalized spacial score (nSPS) is 11.0. The molecule has 5 heteroatoms. The highest BCUT2D eigenvalue weighted by Gasteiger charge is 2.16. The molecule has 0 saturated heterocycles. The van der Waals surface area contributed by atoms with Gasteiger partial charge in [0.05, 0.1) is 0 Å². The van der Waals surface area contributed by atoms with E-state index in [9.17, 15) is 14.0 Å². The molecule has 0 aliphatic carbocycles. The van der Waals surface area contributed by atoms with E-state index >= 15 is 0 Å². The first-order chi connectivity index (χ1) is 9.31. The van der Waals surface area contributed by atoms with Crippen LogP contribution in [-0.4, -0.2) is 18.0 Å². The number of carbonyl (C=O) groups is 2. The summed E-state index contributed by atoms with van der Waals surface area (Å²) >= 11 is 0. The Bertz CT molecular complexity index is 480. The van der Waals surface area contributed by atoms with Gasteiger partial charge in [-0.25, -0.2) is 9.18 Å². The van der Waals surface area contributed by atoms with Gasteiger partial charge in [-0.1, -0.05) is 6.07 Å². The summed E-state index contributed by atoms with van der Waals surface area (Å²) < 4.78 is 18.9. The van der Waals surface area contributed by atoms with Crippen molar-refractivity contribution in [1.29, 1.82) is 0 Å². The van der Waals surface area contributed by atoms with E-state index in [1.54, 1.807) is 32.9 Å². The Morgan fingerprint density at radius 1 is 1.40 bits per heavy atom. The SMILES string of the molecule is CC(C)(C)OC(=O)Nc1ccc(CCCC=O)c(F)c1. The zero-order valence-corrected chi connectivity index (χ0v) is 12.0. The molecular formula is C15H20FNO3. The number of amides is 1. The second kappa shape index (κ2) is 7.03. The number of nitrogens with one attached hydrogen (secondary N) is 1. The van der Waals surface area contributed by atoms with Crippen molar-refractivity contribution in [1.82, 2.24) is 0 Å². The highest BCUT2D eigenvalue weighted by molar-refractivity contribution is 5.84. The Labute approximate surface area is 118 Å². The fourth-order valence-electron chi connectivity index (χ4n) is 1.63. The molecule has 1 rings (SSSR count). The lowest BCUT2D eigenvalue weighted by atomic mass is 10.1. The molecule has 0 aliphatic heterocycles. The van der Waals surface area contributed by atoms with E-state index in [2.05, 4.69) is 5.32 Å². The van der Waals surface area contributed by atoms with Gasteiger partial charge in [-0.05, 0) is 51.3 Å². The number of hydrogen-bond acceptors (Lipinski definition) is 3. The molecule has 0 bridgehead atoms. The molecule has 0 spiro atoms. The highest BCUT2D eigenvalue weighted by Crippen LogP contribution is 2.17. The molecule has 20 heavy (non-hydrogen) atoms. The maximum atomic E-state index is 13.8. The van der Waals surface area contributed by atoms with Crippen LogP contribution in [0, 0.1) is 5.82 Å². The van der Waals surface area contributed by atoms with Crippen LogP contribution in [0.1, 0.15) is 39.2 Å². The molecule has 1 aromatic carbocycles. The molecule has 0 aliphatic rings. The lowest BCUT2D eigenvalue weighted by Gasteiger charge is -2.19. The van der Waals surface area contributed by atoms with Gasteiger partial charge in [0, 0.05) is 12.1 Å². The number of aldehydes is 1. The lowest BCUT2D eigenvalue weighted by Crippen LogP contribution is -2.27. The Balaban J connectivity index is 2.63. The molecule has 0 aromatic heterocycles. The van der Waals surface area contributed by atoms with Crippen LogP contribution >= 0.6 is 0 Å². The summed E-state index contributed by atoms with van der Waals surface area (Å²) in [5, 5.41) is 2.48. The molecular weight excluding hydrogens is 261 g/mol. The van der Waals surface area contributed by atoms with Crippen LogP contribution in [0.4, 0.5) is 14.9 Å². The van der Waals surface area contributed by atoms with Crippen molar-refractivity contribution >= 4 is 18.1 Å². The van der Waals surface area contributed by atoms with Crippen molar-refractivity contribution < 1.29 is 18.7 Å². The first-order valence-corrected chi connectivity index (χ1v) is 6.54. The van der Waals surface area contributed by atoms with Gasteiger partial charge in [0.15, 0.2) is 0 Å². The van der Waals surface area contributed by atoms with Gasteiger partial charge in [-0.2, -0.15) is 0 Å². The molecule has 0 saturated carbocycles. The van der Waals surface area contributed by atoms with Crippen LogP contribution in [-0.2, 0) is 16.0 Å². The number of benzene rings is 1. The number of halogens is 1. The van der Waals surface area contributed by atoms with E-state index < -0.39 is 17.5 Å². The molecule has 0 heterocycles. The number of unbranched alkanes of at least 4 members (excludes halogenated alkanes) is 1. The fourth-order valence-corrected chi connectivity index (χ4v) is 1.63. The van der Waals surface area contributed by atoms with E-state index in [4.69, 9.17) is 4.74 Å². The van der Waals surface area contributed by atoms with Gasteiger partial charge in [-0.3, -0.25) is 5.32 Å². The summed E-state index contributed by atoms with van der Waals surface area (Å²) in [5.41, 5.74) is 0.273. The zero-order valence-electron chi connectivity index (χ0n) is 12.0. The molecule has 1 N–H and O–H groups in total. The molecule has 0 radical (unpaired) electrons. The second-order valence-electron chi connectivity index (χ2n) is 5.49. The topological polar surface area (TPSA) is 55.4 Å². The molecule has 4 nitrogen and oxygen atoms in total. The molecule has 0 fully saturated rings. The van der Waals surface area contributed by atoms with Crippen LogP contribution < -0.4 is 5.32 Å². The zero-order chi connectivity index (χ0) is 15.2. The Kier molecular flexibility index (Phi) is 5.67. The van der Waals surface area contributed by atoms with E-state index in [1.807, 2.05) is 0 Å². The summed E-state index contributed by atoms with van der Waals surface area (Å²) in [7, 11) is 0. The van der Waals surface area contributed by atoms with Crippen molar-refractivity contribution in [2.45, 2.75) is 45.6 Å². The Morgan fingerprint density at radius 3 is 2.65 bits per heavy atom. The minimum absolute atomic E-state index is 0.343. The smallest absolute Gasteiger partial charge is 0.412 e. The van der Waals surface area contributed by atoms with Gasteiger partial charge < -0.3 is 9.53 Å². The monoisotopic (exact) mass is 281 g/mol. The van der Waals surface area contributed by atoms with Crippen molar-refractivity contribution in [3.05, 3.63) is 29.6 Å².